The molecular formula is C20H27IN8. The summed E-state index contributed by atoms with van der Waals surface area (Å²) >= 11 is 0. The third kappa shape index (κ3) is 5.34. The molecule has 3 aromatic rings. The van der Waals surface area contributed by atoms with Crippen molar-refractivity contribution in [2.75, 3.05) is 6.54 Å². The maximum atomic E-state index is 4.77. The van der Waals surface area contributed by atoms with Crippen LogP contribution in [0.3, 0.4) is 0 Å². The van der Waals surface area contributed by atoms with Crippen LogP contribution in [0, 0.1) is 0 Å². The van der Waals surface area contributed by atoms with Crippen LogP contribution in [0.4, 0.5) is 0 Å². The number of hydrogen-bond donors (Lipinski definition) is 2. The fourth-order valence-corrected chi connectivity index (χ4v) is 3.44. The van der Waals surface area contributed by atoms with Crippen molar-refractivity contribution < 1.29 is 0 Å². The van der Waals surface area contributed by atoms with E-state index in [1.54, 1.807) is 6.20 Å². The quantitative estimate of drug-likeness (QED) is 0.292. The third-order valence-electron chi connectivity index (χ3n) is 4.86. The lowest BCUT2D eigenvalue weighted by Crippen LogP contribution is -2.37. The van der Waals surface area contributed by atoms with Crippen LogP contribution in [-0.4, -0.2) is 37.0 Å². The van der Waals surface area contributed by atoms with Gasteiger partial charge in [-0.3, -0.25) is 4.68 Å². The molecule has 1 aromatic carbocycles. The zero-order chi connectivity index (χ0) is 19.2. The molecule has 3 heterocycles. The molecular weight excluding hydrogens is 479 g/mol. The Kier molecular flexibility index (Phi) is 7.62. The van der Waals surface area contributed by atoms with Crippen molar-refractivity contribution >= 4 is 29.9 Å². The zero-order valence-corrected chi connectivity index (χ0v) is 18.9. The van der Waals surface area contributed by atoms with Crippen molar-refractivity contribution in [3.05, 3.63) is 65.5 Å². The number of guanidine groups is 1. The number of aromatic nitrogens is 5. The van der Waals surface area contributed by atoms with Crippen LogP contribution in [0.2, 0.25) is 0 Å². The molecule has 8 nitrogen and oxygen atoms in total. The van der Waals surface area contributed by atoms with Crippen LogP contribution in [-0.2, 0) is 32.6 Å². The number of hydrogen-bond acceptors (Lipinski definition) is 4. The molecule has 2 N–H and O–H groups in total. The predicted octanol–water partition coefficient (Wildman–Crippen LogP) is 2.34. The average Bonchev–Trinajstić information content (AvgIpc) is 3.44. The van der Waals surface area contributed by atoms with Crippen LogP contribution >= 0.6 is 24.0 Å². The third-order valence-corrected chi connectivity index (χ3v) is 4.86. The molecule has 0 aliphatic carbocycles. The van der Waals surface area contributed by atoms with E-state index < -0.39 is 0 Å². The highest BCUT2D eigenvalue weighted by molar-refractivity contribution is 14.0. The number of nitrogens with one attached hydrogen (secondary N) is 2. The van der Waals surface area contributed by atoms with Gasteiger partial charge in [-0.15, -0.1) is 34.2 Å². The summed E-state index contributed by atoms with van der Waals surface area (Å²) in [6, 6.07) is 10.3. The minimum Gasteiger partial charge on any atom is -0.357 e. The molecule has 0 saturated heterocycles. The Balaban J connectivity index is 0.00000240. The number of rotatable bonds is 7. The lowest BCUT2D eigenvalue weighted by atomic mass is 10.1. The molecule has 4 rings (SSSR count). The Morgan fingerprint density at radius 2 is 2.00 bits per heavy atom. The van der Waals surface area contributed by atoms with Gasteiger partial charge in [-0.1, -0.05) is 24.3 Å². The minimum absolute atomic E-state index is 0. The van der Waals surface area contributed by atoms with Gasteiger partial charge in [-0.05, 0) is 30.5 Å². The van der Waals surface area contributed by atoms with Gasteiger partial charge in [0.25, 0.3) is 0 Å². The maximum absolute atomic E-state index is 4.77. The Bertz CT molecular complexity index is 932. The number of aliphatic imine (C=N–C) groups is 1. The van der Waals surface area contributed by atoms with Gasteiger partial charge in [-0.25, -0.2) is 4.99 Å². The molecule has 0 radical (unpaired) electrons. The molecule has 0 unspecified atom stereocenters. The Hall–Kier alpha value is -2.43. The summed E-state index contributed by atoms with van der Waals surface area (Å²) in [5.41, 5.74) is 2.42. The summed E-state index contributed by atoms with van der Waals surface area (Å²) in [5.74, 6) is 2.84. The van der Waals surface area contributed by atoms with Crippen molar-refractivity contribution in [3.63, 3.8) is 0 Å². The maximum Gasteiger partial charge on any atom is 0.191 e. The first-order chi connectivity index (χ1) is 13.8. The summed E-state index contributed by atoms with van der Waals surface area (Å²) in [4.78, 5) is 4.77. The lowest BCUT2D eigenvalue weighted by molar-refractivity contribution is 0.662. The van der Waals surface area contributed by atoms with Gasteiger partial charge in [0.1, 0.15) is 5.82 Å². The van der Waals surface area contributed by atoms with E-state index in [1.807, 2.05) is 16.9 Å². The van der Waals surface area contributed by atoms with Gasteiger partial charge < -0.3 is 15.2 Å². The SMILES string of the molecule is CCNC(=NCc1ccccc1Cn1cccn1)NCc1nnc2n1CCC2.I. The van der Waals surface area contributed by atoms with Gasteiger partial charge >= 0.3 is 0 Å². The summed E-state index contributed by atoms with van der Waals surface area (Å²) in [7, 11) is 0. The fourth-order valence-electron chi connectivity index (χ4n) is 3.44. The Morgan fingerprint density at radius 1 is 1.14 bits per heavy atom. The number of benzene rings is 1. The Morgan fingerprint density at radius 3 is 2.79 bits per heavy atom. The second kappa shape index (κ2) is 10.4. The first-order valence-electron chi connectivity index (χ1n) is 9.81. The molecule has 0 bridgehead atoms. The predicted molar refractivity (Wildman–Crippen MR) is 123 cm³/mol. The standard InChI is InChI=1S/C20H26N8.HI/c1-2-21-20(23-14-19-26-25-18-9-5-12-28(18)19)22-13-16-7-3-4-8-17(16)15-27-11-6-10-24-27;/h3-4,6-8,10-11H,2,5,9,12-15H2,1H3,(H2,21,22,23);1H. The largest absolute Gasteiger partial charge is 0.357 e. The van der Waals surface area contributed by atoms with Gasteiger partial charge in [0.2, 0.25) is 0 Å². The van der Waals surface area contributed by atoms with Crippen LogP contribution in [0.1, 0.15) is 36.1 Å². The van der Waals surface area contributed by atoms with E-state index >= 15 is 0 Å². The number of nitrogens with zero attached hydrogens (tertiary/aromatic N) is 6. The number of fused-ring (bicyclic) bond motifs is 1. The summed E-state index contributed by atoms with van der Waals surface area (Å²) in [6.45, 7) is 5.84. The van der Waals surface area contributed by atoms with Gasteiger partial charge in [-0.2, -0.15) is 5.10 Å². The van der Waals surface area contributed by atoms with Crippen molar-refractivity contribution in [2.45, 2.75) is 45.9 Å². The van der Waals surface area contributed by atoms with E-state index in [0.29, 0.717) is 13.1 Å². The van der Waals surface area contributed by atoms with E-state index in [0.717, 1.165) is 50.1 Å². The van der Waals surface area contributed by atoms with E-state index in [-0.39, 0.29) is 24.0 Å². The molecule has 154 valence electrons. The first kappa shape index (κ1) is 21.3. The van der Waals surface area contributed by atoms with Crippen molar-refractivity contribution in [3.8, 4) is 0 Å². The minimum atomic E-state index is 0. The molecule has 2 aromatic heterocycles. The number of aryl methyl sites for hydroxylation is 1. The van der Waals surface area contributed by atoms with Gasteiger partial charge in [0, 0.05) is 31.9 Å². The molecule has 29 heavy (non-hydrogen) atoms. The van der Waals surface area contributed by atoms with Crippen molar-refractivity contribution in [2.24, 2.45) is 4.99 Å². The van der Waals surface area contributed by atoms with Crippen molar-refractivity contribution in [1.29, 1.82) is 0 Å². The molecule has 0 fully saturated rings. The normalized spacial score (nSPS) is 13.1. The average molecular weight is 506 g/mol. The molecule has 0 amide bonds. The molecule has 0 atom stereocenters. The van der Waals surface area contributed by atoms with E-state index in [9.17, 15) is 0 Å². The molecule has 9 heteroatoms. The first-order valence-corrected chi connectivity index (χ1v) is 9.81. The molecule has 1 aliphatic rings. The van der Waals surface area contributed by atoms with Crippen LogP contribution < -0.4 is 10.6 Å². The zero-order valence-electron chi connectivity index (χ0n) is 16.6. The van der Waals surface area contributed by atoms with Gasteiger partial charge in [0.15, 0.2) is 11.8 Å². The molecule has 0 saturated carbocycles. The van der Waals surface area contributed by atoms with Crippen LogP contribution in [0.15, 0.2) is 47.7 Å². The van der Waals surface area contributed by atoms with E-state index in [2.05, 4.69) is 61.7 Å². The van der Waals surface area contributed by atoms with E-state index in [1.165, 1.54) is 11.1 Å². The van der Waals surface area contributed by atoms with Crippen LogP contribution in [0.5, 0.6) is 0 Å². The topological polar surface area (TPSA) is 84.9 Å². The highest BCUT2D eigenvalue weighted by Crippen LogP contribution is 2.14. The number of halogens is 1. The summed E-state index contributed by atoms with van der Waals surface area (Å²) in [6.07, 6.45) is 5.95. The fraction of sp³-hybridized carbons (Fsp3) is 0.400. The van der Waals surface area contributed by atoms with Gasteiger partial charge in [0.05, 0.1) is 19.6 Å². The molecule has 1 aliphatic heterocycles. The summed E-state index contributed by atoms with van der Waals surface area (Å²) < 4.78 is 4.13. The highest BCUT2D eigenvalue weighted by atomic mass is 127. The second-order valence-electron chi connectivity index (χ2n) is 6.81. The Labute approximate surface area is 187 Å². The van der Waals surface area contributed by atoms with E-state index in [4.69, 9.17) is 4.99 Å². The van der Waals surface area contributed by atoms with Crippen LogP contribution in [0.25, 0.3) is 0 Å². The highest BCUT2D eigenvalue weighted by Gasteiger charge is 2.17. The smallest absolute Gasteiger partial charge is 0.191 e. The summed E-state index contributed by atoms with van der Waals surface area (Å²) in [5, 5.41) is 19.6. The lowest BCUT2D eigenvalue weighted by Gasteiger charge is -2.12. The second-order valence-corrected chi connectivity index (χ2v) is 6.81. The monoisotopic (exact) mass is 506 g/mol. The molecule has 0 spiro atoms. The van der Waals surface area contributed by atoms with Crippen molar-refractivity contribution in [1.82, 2.24) is 35.2 Å².